The van der Waals surface area contributed by atoms with Crippen molar-refractivity contribution in [3.63, 3.8) is 0 Å². The molecule has 2 saturated heterocycles. The number of nitrogens with zero attached hydrogens (tertiary/aromatic N) is 6. The Labute approximate surface area is 195 Å². The first-order valence-electron chi connectivity index (χ1n) is 11.1. The van der Waals surface area contributed by atoms with Gasteiger partial charge >= 0.3 is 6.09 Å². The molecule has 1 N–H and O–H groups in total. The monoisotopic (exact) mass is 465 g/mol. The summed E-state index contributed by atoms with van der Waals surface area (Å²) in [7, 11) is 0. The predicted molar refractivity (Wildman–Crippen MR) is 122 cm³/mol. The largest absolute Gasteiger partial charge is 0.442 e. The first-order chi connectivity index (χ1) is 16.5. The van der Waals surface area contributed by atoms with E-state index in [4.69, 9.17) is 4.74 Å². The zero-order valence-corrected chi connectivity index (χ0v) is 18.6. The quantitative estimate of drug-likeness (QED) is 0.596. The maximum Gasteiger partial charge on any atom is 0.414 e. The van der Waals surface area contributed by atoms with Crippen molar-refractivity contribution in [2.75, 3.05) is 36.0 Å². The van der Waals surface area contributed by atoms with Gasteiger partial charge in [-0.3, -0.25) is 9.69 Å². The smallest absolute Gasteiger partial charge is 0.414 e. The van der Waals surface area contributed by atoms with Crippen LogP contribution in [0, 0.1) is 5.82 Å². The van der Waals surface area contributed by atoms with Crippen molar-refractivity contribution in [1.29, 1.82) is 0 Å². The number of cyclic esters (lactones) is 1. The Hall–Kier alpha value is -4.02. The second-order valence-electron chi connectivity index (χ2n) is 8.38. The number of hydrogen-bond donors (Lipinski definition) is 1. The molecule has 0 radical (unpaired) electrons. The molecule has 0 aliphatic carbocycles. The number of hydrogen-bond acceptors (Lipinski definition) is 7. The molecule has 2 atom stereocenters. The standard InChI is InChI=1S/C23H24FN7O3/c1-15(32)25-12-19-14-30(23(33)34-19)17-7-8-21(20(24)11-17)29-10-9-18(13-29)31-27-22(26-28-31)16-5-3-2-4-6-16/h2-8,11,18-19H,9-10,12-14H2,1H3,(H,25,32)/t18-,19+/m1/s1. The maximum absolute atomic E-state index is 15.1. The maximum atomic E-state index is 15.1. The molecule has 0 spiro atoms. The Kier molecular flexibility index (Phi) is 5.83. The van der Waals surface area contributed by atoms with Crippen molar-refractivity contribution < 1.29 is 18.7 Å². The van der Waals surface area contributed by atoms with Crippen LogP contribution in [0.25, 0.3) is 11.4 Å². The first kappa shape index (κ1) is 21.8. The fraction of sp³-hybridized carbons (Fsp3) is 0.348. The average molecular weight is 465 g/mol. The van der Waals surface area contributed by atoms with E-state index in [1.165, 1.54) is 17.9 Å². The number of nitrogens with one attached hydrogen (secondary N) is 1. The summed E-state index contributed by atoms with van der Waals surface area (Å²) >= 11 is 0. The molecule has 2 fully saturated rings. The van der Waals surface area contributed by atoms with Crippen molar-refractivity contribution in [2.45, 2.75) is 25.5 Å². The minimum Gasteiger partial charge on any atom is -0.442 e. The number of amides is 2. The zero-order valence-electron chi connectivity index (χ0n) is 18.6. The summed E-state index contributed by atoms with van der Waals surface area (Å²) < 4.78 is 20.3. The van der Waals surface area contributed by atoms with Crippen LogP contribution in [0.15, 0.2) is 48.5 Å². The molecule has 0 bridgehead atoms. The molecule has 2 aromatic carbocycles. The van der Waals surface area contributed by atoms with Crippen molar-refractivity contribution in [3.05, 3.63) is 54.3 Å². The van der Waals surface area contributed by atoms with E-state index < -0.39 is 18.0 Å². The average Bonchev–Trinajstić information content (AvgIpc) is 3.58. The number of carbonyl (C=O) groups excluding carboxylic acids is 2. The van der Waals surface area contributed by atoms with Crippen LogP contribution in [0.1, 0.15) is 19.4 Å². The van der Waals surface area contributed by atoms with E-state index in [0.717, 1.165) is 12.0 Å². The summed E-state index contributed by atoms with van der Waals surface area (Å²) in [6.45, 7) is 3.05. The van der Waals surface area contributed by atoms with Crippen LogP contribution >= 0.6 is 0 Å². The molecule has 5 rings (SSSR count). The van der Waals surface area contributed by atoms with Crippen molar-refractivity contribution in [1.82, 2.24) is 25.5 Å². The number of carbonyl (C=O) groups is 2. The summed E-state index contributed by atoms with van der Waals surface area (Å²) in [5, 5.41) is 15.5. The fourth-order valence-corrected chi connectivity index (χ4v) is 4.25. The Balaban J connectivity index is 1.25. The van der Waals surface area contributed by atoms with Crippen LogP contribution in [-0.2, 0) is 9.53 Å². The van der Waals surface area contributed by atoms with Gasteiger partial charge in [0, 0.05) is 25.6 Å². The number of aromatic nitrogens is 4. The number of ether oxygens (including phenoxy) is 1. The van der Waals surface area contributed by atoms with Gasteiger partial charge in [-0.15, -0.1) is 10.2 Å². The first-order valence-corrected chi connectivity index (χ1v) is 11.1. The summed E-state index contributed by atoms with van der Waals surface area (Å²) in [5.74, 6) is -0.0668. The van der Waals surface area contributed by atoms with Crippen LogP contribution in [0.2, 0.25) is 0 Å². The molecule has 0 saturated carbocycles. The van der Waals surface area contributed by atoms with Gasteiger partial charge in [0.15, 0.2) is 0 Å². The lowest BCUT2D eigenvalue weighted by molar-refractivity contribution is -0.119. The van der Waals surface area contributed by atoms with E-state index in [-0.39, 0.29) is 25.0 Å². The van der Waals surface area contributed by atoms with E-state index >= 15 is 4.39 Å². The molecule has 34 heavy (non-hydrogen) atoms. The Morgan fingerprint density at radius 3 is 2.79 bits per heavy atom. The van der Waals surface area contributed by atoms with Gasteiger partial charge in [-0.2, -0.15) is 4.80 Å². The lowest BCUT2D eigenvalue weighted by Crippen LogP contribution is -2.33. The summed E-state index contributed by atoms with van der Waals surface area (Å²) in [5.41, 5.74) is 1.76. The third-order valence-corrected chi connectivity index (χ3v) is 5.99. The van der Waals surface area contributed by atoms with E-state index in [1.54, 1.807) is 16.9 Å². The molecule has 0 unspecified atom stereocenters. The van der Waals surface area contributed by atoms with Gasteiger partial charge in [0.05, 0.1) is 30.5 Å². The molecule has 3 aromatic rings. The van der Waals surface area contributed by atoms with E-state index in [9.17, 15) is 9.59 Å². The lowest BCUT2D eigenvalue weighted by atomic mass is 10.2. The predicted octanol–water partition coefficient (Wildman–Crippen LogP) is 2.39. The van der Waals surface area contributed by atoms with Crippen molar-refractivity contribution in [3.8, 4) is 11.4 Å². The number of anilines is 2. The van der Waals surface area contributed by atoms with Gasteiger partial charge in [-0.1, -0.05) is 30.3 Å². The molecule has 1 aromatic heterocycles. The summed E-state index contributed by atoms with van der Waals surface area (Å²) in [6, 6.07) is 14.3. The summed E-state index contributed by atoms with van der Waals surface area (Å²) in [4.78, 5) is 28.2. The highest BCUT2D eigenvalue weighted by atomic mass is 19.1. The van der Waals surface area contributed by atoms with E-state index in [0.29, 0.717) is 30.3 Å². The Morgan fingerprint density at radius 1 is 1.21 bits per heavy atom. The van der Waals surface area contributed by atoms with E-state index in [1.807, 2.05) is 35.2 Å². The number of halogens is 1. The van der Waals surface area contributed by atoms with Crippen LogP contribution in [0.4, 0.5) is 20.6 Å². The van der Waals surface area contributed by atoms with Crippen LogP contribution in [-0.4, -0.2) is 64.5 Å². The topological polar surface area (TPSA) is 105 Å². The highest BCUT2D eigenvalue weighted by Crippen LogP contribution is 2.32. The zero-order chi connectivity index (χ0) is 23.7. The minimum atomic E-state index is -0.560. The number of rotatable bonds is 6. The number of tetrazole rings is 1. The second kappa shape index (κ2) is 9.08. The third kappa shape index (κ3) is 4.41. The van der Waals surface area contributed by atoms with Gasteiger partial charge in [-0.25, -0.2) is 9.18 Å². The number of benzene rings is 2. The summed E-state index contributed by atoms with van der Waals surface area (Å²) in [6.07, 6.45) is -0.278. The van der Waals surface area contributed by atoms with Crippen LogP contribution < -0.4 is 15.1 Å². The molecular weight excluding hydrogens is 441 g/mol. The molecule has 2 amide bonds. The van der Waals surface area contributed by atoms with Gasteiger partial charge in [0.25, 0.3) is 0 Å². The van der Waals surface area contributed by atoms with Crippen LogP contribution in [0.5, 0.6) is 0 Å². The van der Waals surface area contributed by atoms with Gasteiger partial charge in [0.2, 0.25) is 11.7 Å². The molecule has 3 heterocycles. The highest BCUT2D eigenvalue weighted by molar-refractivity contribution is 5.90. The molecule has 11 heteroatoms. The van der Waals surface area contributed by atoms with Crippen molar-refractivity contribution >= 4 is 23.4 Å². The Bertz CT molecular complexity index is 1200. The fourth-order valence-electron chi connectivity index (χ4n) is 4.25. The van der Waals surface area contributed by atoms with Crippen LogP contribution in [0.3, 0.4) is 0 Å². The minimum absolute atomic E-state index is 0.0212. The molecule has 2 aliphatic heterocycles. The third-order valence-electron chi connectivity index (χ3n) is 5.99. The SMILES string of the molecule is CC(=O)NC[C@H]1CN(c2ccc(N3CC[C@@H](n4nnc(-c5ccccc5)n4)C3)c(F)c2)C(=O)O1. The molecule has 10 nitrogen and oxygen atoms in total. The highest BCUT2D eigenvalue weighted by Gasteiger charge is 2.33. The van der Waals surface area contributed by atoms with E-state index in [2.05, 4.69) is 20.7 Å². The second-order valence-corrected chi connectivity index (χ2v) is 8.38. The molecule has 176 valence electrons. The molecule has 2 aliphatic rings. The van der Waals surface area contributed by atoms with Gasteiger partial charge in [0.1, 0.15) is 11.9 Å². The van der Waals surface area contributed by atoms with Crippen molar-refractivity contribution in [2.24, 2.45) is 0 Å². The normalized spacial score (nSPS) is 20.0. The van der Waals surface area contributed by atoms with Gasteiger partial charge < -0.3 is 15.0 Å². The van der Waals surface area contributed by atoms with Gasteiger partial charge in [-0.05, 0) is 29.8 Å². The Morgan fingerprint density at radius 2 is 2.03 bits per heavy atom. The molecular formula is C23H24FN7O3. The lowest BCUT2D eigenvalue weighted by Gasteiger charge is -2.21.